The fourth-order valence-corrected chi connectivity index (χ4v) is 5.36. The molecule has 2 aromatic carbocycles. The molecule has 1 aliphatic rings. The van der Waals surface area contributed by atoms with Crippen molar-refractivity contribution in [3.8, 4) is 11.4 Å². The molecule has 0 spiro atoms. The van der Waals surface area contributed by atoms with Gasteiger partial charge in [-0.3, -0.25) is 9.59 Å². The van der Waals surface area contributed by atoms with Gasteiger partial charge in [-0.05, 0) is 94.2 Å². The van der Waals surface area contributed by atoms with E-state index in [1.54, 1.807) is 24.3 Å². The van der Waals surface area contributed by atoms with Gasteiger partial charge in [0.1, 0.15) is 29.5 Å². The second-order valence-electron chi connectivity index (χ2n) is 11.2. The van der Waals surface area contributed by atoms with E-state index >= 15 is 0 Å². The van der Waals surface area contributed by atoms with E-state index in [4.69, 9.17) is 26.8 Å². The number of rotatable bonds is 15. The lowest BCUT2D eigenvalue weighted by Crippen LogP contribution is -2.40. The largest absolute Gasteiger partial charge is 0.494 e. The summed E-state index contributed by atoms with van der Waals surface area (Å²) in [7, 11) is 0. The van der Waals surface area contributed by atoms with Crippen LogP contribution in [0, 0.1) is 11.7 Å². The number of carbonyl (C=O) groups is 2. The van der Waals surface area contributed by atoms with E-state index in [2.05, 4.69) is 24.3 Å². The Balaban J connectivity index is 1.23. The van der Waals surface area contributed by atoms with Gasteiger partial charge in [-0.1, -0.05) is 37.6 Å². The summed E-state index contributed by atoms with van der Waals surface area (Å²) in [6, 6.07) is 10.5. The second-order valence-corrected chi connectivity index (χ2v) is 11.6. The van der Waals surface area contributed by atoms with Crippen molar-refractivity contribution in [1.82, 2.24) is 15.1 Å². The minimum Gasteiger partial charge on any atom is -0.494 e. The molecule has 10 heteroatoms. The average Bonchev–Trinajstić information content (AvgIpc) is 3.61. The number of anilines is 1. The highest BCUT2D eigenvalue weighted by atomic mass is 35.5. The first-order valence-corrected chi connectivity index (χ1v) is 15.1. The van der Waals surface area contributed by atoms with Crippen LogP contribution in [-0.4, -0.2) is 46.8 Å². The molecule has 226 valence electrons. The Labute approximate surface area is 251 Å². The molecule has 1 saturated carbocycles. The highest BCUT2D eigenvalue weighted by Crippen LogP contribution is 2.27. The molecule has 8 nitrogen and oxygen atoms in total. The fraction of sp³-hybridized carbons (Fsp3) is 0.469. The van der Waals surface area contributed by atoms with Crippen LogP contribution in [0.5, 0.6) is 5.75 Å². The van der Waals surface area contributed by atoms with E-state index in [1.165, 1.54) is 23.0 Å². The van der Waals surface area contributed by atoms with Gasteiger partial charge in [0.05, 0.1) is 29.1 Å². The average molecular weight is 599 g/mol. The molecule has 0 aliphatic heterocycles. The van der Waals surface area contributed by atoms with Gasteiger partial charge in [-0.2, -0.15) is 5.10 Å². The molecule has 1 aromatic heterocycles. The number of carbonyl (C=O) groups excluding carboxylic acids is 2. The number of hydrogen-bond acceptors (Lipinski definition) is 7. The Kier molecular flexibility index (Phi) is 11.4. The van der Waals surface area contributed by atoms with Crippen LogP contribution in [-0.2, 0) is 9.53 Å². The molecule has 0 bridgehead atoms. The van der Waals surface area contributed by atoms with Gasteiger partial charge in [-0.25, -0.2) is 9.07 Å². The smallest absolute Gasteiger partial charge is 0.323 e. The molecular formula is C32H40ClFN4O4. The number of hydrogen-bond donors (Lipinski definition) is 2. The molecule has 0 unspecified atom stereocenters. The first-order valence-electron chi connectivity index (χ1n) is 14.7. The number of nitrogen functional groups attached to an aromatic ring is 1. The Bertz CT molecular complexity index is 1360. The monoisotopic (exact) mass is 598 g/mol. The van der Waals surface area contributed by atoms with Gasteiger partial charge in [0.2, 0.25) is 0 Å². The van der Waals surface area contributed by atoms with Gasteiger partial charge >= 0.3 is 5.97 Å². The molecule has 1 aliphatic carbocycles. The van der Waals surface area contributed by atoms with Crippen LogP contribution in [0.2, 0.25) is 5.02 Å². The number of unbranched alkanes of at least 4 members (excludes halogenated alkanes) is 2. The number of ether oxygens (including phenoxy) is 2. The summed E-state index contributed by atoms with van der Waals surface area (Å²) < 4.78 is 26.4. The number of halogens is 2. The van der Waals surface area contributed by atoms with Crippen LogP contribution in [0.1, 0.15) is 81.1 Å². The summed E-state index contributed by atoms with van der Waals surface area (Å²) in [5.41, 5.74) is 7.22. The lowest BCUT2D eigenvalue weighted by atomic mass is 10.0. The molecule has 1 atom stereocenters. The Morgan fingerprint density at radius 2 is 1.93 bits per heavy atom. The standard InChI is InChI=1S/C32H40ClFN4O4/c1-21(2)17-28(32(40)42-24-10-4-5-11-24)36-15-6-3-7-16-41-25-12-8-9-22(18-25)30(39)26-20-37-38(31(26)35)29-14-13-23(34)19-27(29)33/h8-9,12-14,18-21,24,28,36H,3-7,10-11,15-17,35H2,1-2H3/t28-/m0/s1. The van der Waals surface area contributed by atoms with Gasteiger partial charge in [0.15, 0.2) is 5.78 Å². The quantitative estimate of drug-likeness (QED) is 0.116. The van der Waals surface area contributed by atoms with Crippen LogP contribution in [0.3, 0.4) is 0 Å². The van der Waals surface area contributed by atoms with Crippen LogP contribution >= 0.6 is 11.6 Å². The number of nitrogens with one attached hydrogen (secondary N) is 1. The molecule has 4 rings (SSSR count). The van der Waals surface area contributed by atoms with Gasteiger partial charge < -0.3 is 20.5 Å². The first kappa shape index (κ1) is 31.5. The molecule has 3 aromatic rings. The van der Waals surface area contributed by atoms with Crippen LogP contribution in [0.15, 0.2) is 48.7 Å². The summed E-state index contributed by atoms with van der Waals surface area (Å²) in [5.74, 6) is 0.174. The number of esters is 1. The molecule has 0 saturated heterocycles. The van der Waals surface area contributed by atoms with E-state index in [9.17, 15) is 14.0 Å². The molecule has 1 heterocycles. The Morgan fingerprint density at radius 1 is 1.14 bits per heavy atom. The summed E-state index contributed by atoms with van der Waals surface area (Å²) >= 11 is 6.14. The van der Waals surface area contributed by atoms with E-state index in [0.29, 0.717) is 29.5 Å². The minimum atomic E-state index is -0.481. The molecule has 3 N–H and O–H groups in total. The lowest BCUT2D eigenvalue weighted by Gasteiger charge is -2.21. The maximum absolute atomic E-state index is 13.4. The van der Waals surface area contributed by atoms with Crippen LogP contribution in [0.4, 0.5) is 10.2 Å². The summed E-state index contributed by atoms with van der Waals surface area (Å²) in [5, 5.41) is 7.72. The predicted molar refractivity (Wildman–Crippen MR) is 162 cm³/mol. The molecule has 42 heavy (non-hydrogen) atoms. The topological polar surface area (TPSA) is 108 Å². The van der Waals surface area contributed by atoms with Crippen LogP contribution < -0.4 is 15.8 Å². The second kappa shape index (κ2) is 15.2. The van der Waals surface area contributed by atoms with Crippen LogP contribution in [0.25, 0.3) is 5.69 Å². The third kappa shape index (κ3) is 8.55. The summed E-state index contributed by atoms with van der Waals surface area (Å²) in [6.45, 7) is 5.46. The van der Waals surface area contributed by atoms with E-state index < -0.39 is 5.82 Å². The molecule has 0 amide bonds. The zero-order valence-corrected chi connectivity index (χ0v) is 25.0. The van der Waals surface area contributed by atoms with Gasteiger partial charge in [0, 0.05) is 5.56 Å². The number of nitrogens with two attached hydrogens (primary N) is 1. The minimum absolute atomic E-state index is 0.0792. The third-order valence-corrected chi connectivity index (χ3v) is 7.65. The highest BCUT2D eigenvalue weighted by Gasteiger charge is 2.26. The van der Waals surface area contributed by atoms with Crippen molar-refractivity contribution in [2.24, 2.45) is 5.92 Å². The van der Waals surface area contributed by atoms with E-state index in [1.807, 2.05) is 0 Å². The molecular weight excluding hydrogens is 559 g/mol. The van der Waals surface area contributed by atoms with Crippen molar-refractivity contribution in [2.45, 2.75) is 77.4 Å². The summed E-state index contributed by atoms with van der Waals surface area (Å²) in [6.07, 6.45) is 9.11. The maximum atomic E-state index is 13.4. The van der Waals surface area contributed by atoms with Crippen molar-refractivity contribution in [1.29, 1.82) is 0 Å². The lowest BCUT2D eigenvalue weighted by molar-refractivity contribution is -0.151. The SMILES string of the molecule is CC(C)C[C@H](NCCCCCOc1cccc(C(=O)c2cnn(-c3ccc(F)cc3Cl)c2N)c1)C(=O)OC1CCCC1. The van der Waals surface area contributed by atoms with Gasteiger partial charge in [0.25, 0.3) is 0 Å². The van der Waals surface area contributed by atoms with Crippen molar-refractivity contribution >= 4 is 29.2 Å². The third-order valence-electron chi connectivity index (χ3n) is 7.34. The van der Waals surface area contributed by atoms with E-state index in [-0.39, 0.29) is 40.3 Å². The van der Waals surface area contributed by atoms with Crippen molar-refractivity contribution in [3.05, 3.63) is 70.6 Å². The highest BCUT2D eigenvalue weighted by molar-refractivity contribution is 6.32. The van der Waals surface area contributed by atoms with Crippen molar-refractivity contribution in [3.63, 3.8) is 0 Å². The molecule has 0 radical (unpaired) electrons. The number of aromatic nitrogens is 2. The Hall–Kier alpha value is -3.43. The Morgan fingerprint density at radius 3 is 2.67 bits per heavy atom. The van der Waals surface area contributed by atoms with Gasteiger partial charge in [-0.15, -0.1) is 0 Å². The fourth-order valence-electron chi connectivity index (χ4n) is 5.12. The summed E-state index contributed by atoms with van der Waals surface area (Å²) in [4.78, 5) is 25.9. The van der Waals surface area contributed by atoms with Crippen molar-refractivity contribution in [2.75, 3.05) is 18.9 Å². The number of ketones is 1. The maximum Gasteiger partial charge on any atom is 0.323 e. The zero-order valence-electron chi connectivity index (χ0n) is 24.3. The van der Waals surface area contributed by atoms with E-state index in [0.717, 1.165) is 64.0 Å². The number of nitrogens with zero attached hydrogens (tertiary/aromatic N) is 2. The number of benzene rings is 2. The first-order chi connectivity index (χ1) is 20.2. The normalized spacial score (nSPS) is 14.3. The zero-order chi connectivity index (χ0) is 30.1. The predicted octanol–water partition coefficient (Wildman–Crippen LogP) is 6.52. The molecule has 1 fully saturated rings. The van der Waals surface area contributed by atoms with Crippen molar-refractivity contribution < 1.29 is 23.5 Å².